The Morgan fingerprint density at radius 1 is 1.19 bits per heavy atom. The lowest BCUT2D eigenvalue weighted by molar-refractivity contribution is 0.0756. The van der Waals surface area contributed by atoms with Gasteiger partial charge in [-0.2, -0.15) is 0 Å². The standard InChI is InChI=1S/C18H21FN4O3S/c19-17-5-4-15(27(20,25)26)11-16(17)18(24)23-8-2-7-22(9-10-23)13-14-3-1-6-21-12-14/h1,3-6,11-12H,2,7-10,13H2,(H2,20,25,26). The third-order valence-electron chi connectivity index (χ3n) is 4.50. The molecule has 1 amide bonds. The second kappa shape index (κ2) is 8.12. The molecule has 2 aromatic rings. The van der Waals surface area contributed by atoms with Crippen LogP contribution in [0.25, 0.3) is 0 Å². The minimum absolute atomic E-state index is 0.276. The average molecular weight is 392 g/mol. The number of halogens is 1. The first-order valence-corrected chi connectivity index (χ1v) is 10.1. The molecule has 0 spiro atoms. The number of nitrogens with two attached hydrogens (primary N) is 1. The van der Waals surface area contributed by atoms with E-state index in [2.05, 4.69) is 9.88 Å². The van der Waals surface area contributed by atoms with Gasteiger partial charge >= 0.3 is 0 Å². The molecule has 1 aliphatic rings. The quantitative estimate of drug-likeness (QED) is 0.844. The van der Waals surface area contributed by atoms with Gasteiger partial charge in [0.2, 0.25) is 10.0 Å². The van der Waals surface area contributed by atoms with Crippen molar-refractivity contribution in [2.45, 2.75) is 17.9 Å². The van der Waals surface area contributed by atoms with E-state index in [1.54, 1.807) is 11.1 Å². The zero-order valence-electron chi connectivity index (χ0n) is 14.7. The maximum atomic E-state index is 14.1. The summed E-state index contributed by atoms with van der Waals surface area (Å²) in [5, 5.41) is 5.08. The van der Waals surface area contributed by atoms with E-state index in [0.717, 1.165) is 43.3 Å². The van der Waals surface area contributed by atoms with Crippen molar-refractivity contribution in [1.82, 2.24) is 14.8 Å². The Morgan fingerprint density at radius 2 is 2.00 bits per heavy atom. The lowest BCUT2D eigenvalue weighted by Crippen LogP contribution is -2.35. The van der Waals surface area contributed by atoms with Crippen LogP contribution >= 0.6 is 0 Å². The number of carbonyl (C=O) groups is 1. The minimum atomic E-state index is -4.01. The molecule has 7 nitrogen and oxygen atoms in total. The molecule has 0 radical (unpaired) electrons. The number of carbonyl (C=O) groups excluding carboxylic acids is 1. The maximum absolute atomic E-state index is 14.1. The molecule has 0 unspecified atom stereocenters. The number of hydrogen-bond acceptors (Lipinski definition) is 5. The van der Waals surface area contributed by atoms with Gasteiger partial charge < -0.3 is 4.90 Å². The van der Waals surface area contributed by atoms with Gasteiger partial charge in [0.25, 0.3) is 5.91 Å². The van der Waals surface area contributed by atoms with Crippen LogP contribution in [-0.2, 0) is 16.6 Å². The van der Waals surface area contributed by atoms with Gasteiger partial charge in [-0.05, 0) is 36.2 Å². The Bertz CT molecular complexity index is 921. The molecule has 1 fully saturated rings. The largest absolute Gasteiger partial charge is 0.337 e. The lowest BCUT2D eigenvalue weighted by Gasteiger charge is -2.22. The zero-order valence-corrected chi connectivity index (χ0v) is 15.5. The number of nitrogens with zero attached hydrogens (tertiary/aromatic N) is 3. The first-order valence-electron chi connectivity index (χ1n) is 8.57. The van der Waals surface area contributed by atoms with E-state index < -0.39 is 21.7 Å². The number of sulfonamides is 1. The molecule has 1 saturated heterocycles. The van der Waals surface area contributed by atoms with E-state index in [0.29, 0.717) is 19.6 Å². The Kier molecular flexibility index (Phi) is 5.83. The number of pyridine rings is 1. The normalized spacial score (nSPS) is 16.1. The molecular formula is C18H21FN4O3S. The Morgan fingerprint density at radius 3 is 2.70 bits per heavy atom. The van der Waals surface area contributed by atoms with Crippen LogP contribution in [0.1, 0.15) is 22.3 Å². The molecule has 1 aromatic carbocycles. The molecule has 9 heteroatoms. The highest BCUT2D eigenvalue weighted by molar-refractivity contribution is 7.89. The van der Waals surface area contributed by atoms with E-state index in [4.69, 9.17) is 5.14 Å². The van der Waals surface area contributed by atoms with Crippen molar-refractivity contribution in [2.75, 3.05) is 26.2 Å². The van der Waals surface area contributed by atoms with Crippen molar-refractivity contribution in [1.29, 1.82) is 0 Å². The highest BCUT2D eigenvalue weighted by Crippen LogP contribution is 2.17. The molecule has 144 valence electrons. The Balaban J connectivity index is 1.71. The first kappa shape index (κ1) is 19.4. The Hall–Kier alpha value is -2.36. The summed E-state index contributed by atoms with van der Waals surface area (Å²) in [6.45, 7) is 3.07. The third kappa shape index (κ3) is 4.88. The van der Waals surface area contributed by atoms with Crippen molar-refractivity contribution >= 4 is 15.9 Å². The highest BCUT2D eigenvalue weighted by Gasteiger charge is 2.24. The van der Waals surface area contributed by atoms with Crippen molar-refractivity contribution in [3.05, 3.63) is 59.7 Å². The minimum Gasteiger partial charge on any atom is -0.337 e. The van der Waals surface area contributed by atoms with E-state index in [1.807, 2.05) is 18.3 Å². The maximum Gasteiger partial charge on any atom is 0.256 e. The summed E-state index contributed by atoms with van der Waals surface area (Å²) < 4.78 is 37.1. The fraction of sp³-hybridized carbons (Fsp3) is 0.333. The summed E-state index contributed by atoms with van der Waals surface area (Å²) in [7, 11) is -4.01. The molecule has 27 heavy (non-hydrogen) atoms. The fourth-order valence-electron chi connectivity index (χ4n) is 3.10. The van der Waals surface area contributed by atoms with E-state index in [-0.39, 0.29) is 10.5 Å². The Labute approximate surface area is 157 Å². The van der Waals surface area contributed by atoms with Crippen molar-refractivity contribution < 1.29 is 17.6 Å². The van der Waals surface area contributed by atoms with Gasteiger partial charge in [0, 0.05) is 45.1 Å². The van der Waals surface area contributed by atoms with Gasteiger partial charge in [-0.3, -0.25) is 14.7 Å². The van der Waals surface area contributed by atoms with Gasteiger partial charge in [-0.15, -0.1) is 0 Å². The number of aromatic nitrogens is 1. The van der Waals surface area contributed by atoms with E-state index >= 15 is 0 Å². The second-order valence-electron chi connectivity index (χ2n) is 6.47. The number of amides is 1. The fourth-order valence-corrected chi connectivity index (χ4v) is 3.64. The highest BCUT2D eigenvalue weighted by atomic mass is 32.2. The van der Waals surface area contributed by atoms with Crippen LogP contribution in [-0.4, -0.2) is 55.3 Å². The number of benzene rings is 1. The van der Waals surface area contributed by atoms with Gasteiger partial charge in [0.05, 0.1) is 10.5 Å². The molecule has 0 saturated carbocycles. The van der Waals surface area contributed by atoms with Crippen LogP contribution in [0.4, 0.5) is 4.39 Å². The molecule has 0 aliphatic carbocycles. The summed E-state index contributed by atoms with van der Waals surface area (Å²) in [6.07, 6.45) is 4.26. The molecule has 0 bridgehead atoms. The average Bonchev–Trinajstić information content (AvgIpc) is 2.87. The number of primary sulfonamides is 1. The van der Waals surface area contributed by atoms with Gasteiger partial charge in [0.15, 0.2) is 0 Å². The third-order valence-corrected chi connectivity index (χ3v) is 5.41. The molecule has 2 heterocycles. The molecular weight excluding hydrogens is 371 g/mol. The van der Waals surface area contributed by atoms with E-state index in [9.17, 15) is 17.6 Å². The molecule has 0 atom stereocenters. The smallest absolute Gasteiger partial charge is 0.256 e. The molecule has 1 aliphatic heterocycles. The van der Waals surface area contributed by atoms with Gasteiger partial charge in [0.1, 0.15) is 5.82 Å². The zero-order chi connectivity index (χ0) is 19.4. The van der Waals surface area contributed by atoms with Crippen molar-refractivity contribution in [3.8, 4) is 0 Å². The van der Waals surface area contributed by atoms with Crippen LogP contribution in [0, 0.1) is 5.82 Å². The molecule has 2 N–H and O–H groups in total. The predicted octanol–water partition coefficient (Wildman–Crippen LogP) is 1.22. The van der Waals surface area contributed by atoms with Crippen LogP contribution in [0.3, 0.4) is 0 Å². The molecule has 3 rings (SSSR count). The summed E-state index contributed by atoms with van der Waals surface area (Å²) in [5.74, 6) is -1.29. The van der Waals surface area contributed by atoms with Crippen LogP contribution in [0.5, 0.6) is 0 Å². The van der Waals surface area contributed by atoms with Crippen LogP contribution in [0.2, 0.25) is 0 Å². The second-order valence-corrected chi connectivity index (χ2v) is 8.03. The number of rotatable bonds is 4. The first-order chi connectivity index (χ1) is 12.8. The van der Waals surface area contributed by atoms with Crippen molar-refractivity contribution in [2.24, 2.45) is 5.14 Å². The van der Waals surface area contributed by atoms with Crippen LogP contribution < -0.4 is 5.14 Å². The summed E-state index contributed by atoms with van der Waals surface area (Å²) in [5.41, 5.74) is 0.811. The lowest BCUT2D eigenvalue weighted by atomic mass is 10.2. The van der Waals surface area contributed by atoms with Crippen molar-refractivity contribution in [3.63, 3.8) is 0 Å². The monoisotopic (exact) mass is 392 g/mol. The predicted molar refractivity (Wildman–Crippen MR) is 97.8 cm³/mol. The topological polar surface area (TPSA) is 96.6 Å². The van der Waals surface area contributed by atoms with Gasteiger partial charge in [-0.1, -0.05) is 6.07 Å². The molecule has 1 aromatic heterocycles. The SMILES string of the molecule is NS(=O)(=O)c1ccc(F)c(C(=O)N2CCCN(Cc3cccnc3)CC2)c1. The summed E-state index contributed by atoms with van der Waals surface area (Å²) >= 11 is 0. The van der Waals surface area contributed by atoms with Crippen LogP contribution in [0.15, 0.2) is 47.6 Å². The number of hydrogen-bond donors (Lipinski definition) is 1. The summed E-state index contributed by atoms with van der Waals surface area (Å²) in [4.78, 5) is 20.3. The van der Waals surface area contributed by atoms with E-state index in [1.165, 1.54) is 0 Å². The van der Waals surface area contributed by atoms with Gasteiger partial charge in [-0.25, -0.2) is 17.9 Å². The summed E-state index contributed by atoms with van der Waals surface area (Å²) in [6, 6.07) is 6.89.